The maximum Gasteiger partial charge on any atom is 0.348 e. The molecule has 0 bridgehead atoms. The van der Waals surface area contributed by atoms with E-state index in [-0.39, 0.29) is 4.88 Å². The van der Waals surface area contributed by atoms with Crippen molar-refractivity contribution in [3.63, 3.8) is 0 Å². The Balaban J connectivity index is 2.42. The van der Waals surface area contributed by atoms with Gasteiger partial charge in [0.1, 0.15) is 9.71 Å². The summed E-state index contributed by atoms with van der Waals surface area (Å²) in [5.41, 5.74) is 3.96. The molecule has 0 radical (unpaired) electrons. The minimum absolute atomic E-state index is 0.208. The van der Waals surface area contributed by atoms with Gasteiger partial charge in [-0.05, 0) is 50.1 Å². The summed E-state index contributed by atoms with van der Waals surface area (Å²) in [4.78, 5) is 21.5. The number of thiophene rings is 1. The lowest BCUT2D eigenvalue weighted by molar-refractivity contribution is 0.0703. The molecule has 1 N–H and O–H groups in total. The molecule has 0 atom stereocenters. The normalized spacial score (nSPS) is 10.8. The van der Waals surface area contributed by atoms with E-state index in [0.29, 0.717) is 15.5 Å². The molecule has 2 aromatic heterocycles. The van der Waals surface area contributed by atoms with Crippen LogP contribution in [0.3, 0.4) is 0 Å². The Hall–Kier alpha value is -2.24. The van der Waals surface area contributed by atoms with Gasteiger partial charge in [-0.1, -0.05) is 23.7 Å². The summed E-state index contributed by atoms with van der Waals surface area (Å²) >= 11 is 7.14. The van der Waals surface area contributed by atoms with Gasteiger partial charge in [0.15, 0.2) is 0 Å². The quantitative estimate of drug-likeness (QED) is 0.607. The van der Waals surface area contributed by atoms with E-state index in [4.69, 9.17) is 11.6 Å². The average Bonchev–Trinajstić information content (AvgIpc) is 2.85. The first-order chi connectivity index (χ1) is 11.4. The van der Waals surface area contributed by atoms with E-state index in [9.17, 15) is 9.90 Å². The van der Waals surface area contributed by atoms with Crippen LogP contribution in [0.25, 0.3) is 21.3 Å². The van der Waals surface area contributed by atoms with Crippen LogP contribution in [0.15, 0.2) is 35.3 Å². The second kappa shape index (κ2) is 6.34. The Kier molecular flexibility index (Phi) is 4.39. The van der Waals surface area contributed by atoms with Gasteiger partial charge < -0.3 is 5.11 Å². The maximum absolute atomic E-state index is 11.6. The van der Waals surface area contributed by atoms with Gasteiger partial charge in [0.25, 0.3) is 0 Å². The maximum atomic E-state index is 11.6. The highest BCUT2D eigenvalue weighted by atomic mass is 35.5. The number of carboxylic acids is 1. The fourth-order valence-electron chi connectivity index (χ4n) is 2.54. The van der Waals surface area contributed by atoms with Crippen molar-refractivity contribution in [1.82, 2.24) is 4.98 Å². The number of aromatic carboxylic acids is 1. The molecular weight excluding hydrogens is 344 g/mol. The number of nitrogens with zero attached hydrogens (tertiary/aromatic N) is 2. The summed E-state index contributed by atoms with van der Waals surface area (Å²) in [5.74, 6) is -0.988. The van der Waals surface area contributed by atoms with Crippen molar-refractivity contribution < 1.29 is 9.90 Å². The largest absolute Gasteiger partial charge is 0.477 e. The van der Waals surface area contributed by atoms with Crippen molar-refractivity contribution in [2.45, 2.75) is 20.8 Å². The van der Waals surface area contributed by atoms with Crippen LogP contribution in [0.5, 0.6) is 0 Å². The van der Waals surface area contributed by atoms with Crippen LogP contribution in [0.4, 0.5) is 5.69 Å². The number of carboxylic acid groups (broad SMARTS) is 1. The van der Waals surface area contributed by atoms with Crippen LogP contribution < -0.4 is 0 Å². The molecule has 24 heavy (non-hydrogen) atoms. The van der Waals surface area contributed by atoms with E-state index in [0.717, 1.165) is 39.3 Å². The van der Waals surface area contributed by atoms with E-state index < -0.39 is 5.97 Å². The fraction of sp³-hybridized carbons (Fsp3) is 0.167. The molecule has 122 valence electrons. The van der Waals surface area contributed by atoms with Gasteiger partial charge in [0, 0.05) is 21.8 Å². The van der Waals surface area contributed by atoms with Crippen LogP contribution in [0.2, 0.25) is 5.02 Å². The number of hydrogen-bond acceptors (Lipinski definition) is 4. The van der Waals surface area contributed by atoms with E-state index in [1.165, 1.54) is 0 Å². The molecule has 3 aromatic rings. The Morgan fingerprint density at radius 1 is 1.25 bits per heavy atom. The van der Waals surface area contributed by atoms with Crippen molar-refractivity contribution in [1.29, 1.82) is 0 Å². The predicted octanol–water partition coefficient (Wildman–Crippen LogP) is 5.74. The third-order valence-corrected chi connectivity index (χ3v) is 4.76. The van der Waals surface area contributed by atoms with Crippen molar-refractivity contribution >= 4 is 50.5 Å². The second-order valence-corrected chi connectivity index (χ2v) is 7.08. The first kappa shape index (κ1) is 16.6. The molecule has 2 heterocycles. The SMILES string of the molecule is CC(C)=Nc1c(C(=O)O)sc2nc(C)cc(-c3ccc(Cl)cc3)c12. The molecule has 0 aliphatic heterocycles. The van der Waals surface area contributed by atoms with Gasteiger partial charge in [-0.3, -0.25) is 4.99 Å². The van der Waals surface area contributed by atoms with Crippen LogP contribution in [0.1, 0.15) is 29.2 Å². The number of halogens is 1. The zero-order chi connectivity index (χ0) is 17.4. The molecular formula is C18H15ClN2O2S. The van der Waals surface area contributed by atoms with Gasteiger partial charge in [0.05, 0.1) is 5.69 Å². The number of pyridine rings is 1. The summed E-state index contributed by atoms with van der Waals surface area (Å²) in [5, 5.41) is 11.0. The molecule has 6 heteroatoms. The molecule has 0 saturated heterocycles. The number of aliphatic imine (C=N–C) groups is 1. The van der Waals surface area contributed by atoms with Crippen molar-refractivity contribution in [3.8, 4) is 11.1 Å². The van der Waals surface area contributed by atoms with Crippen molar-refractivity contribution in [2.24, 2.45) is 4.99 Å². The number of carbonyl (C=O) groups is 1. The highest BCUT2D eigenvalue weighted by Crippen LogP contribution is 2.43. The predicted molar refractivity (Wildman–Crippen MR) is 100 cm³/mol. The molecule has 0 fully saturated rings. The van der Waals surface area contributed by atoms with Crippen LogP contribution >= 0.6 is 22.9 Å². The average molecular weight is 359 g/mol. The number of benzene rings is 1. The molecule has 0 aliphatic rings. The van der Waals surface area contributed by atoms with Gasteiger partial charge >= 0.3 is 5.97 Å². The molecule has 0 spiro atoms. The highest BCUT2D eigenvalue weighted by molar-refractivity contribution is 7.21. The Morgan fingerprint density at radius 2 is 1.92 bits per heavy atom. The Bertz CT molecular complexity index is 971. The number of aryl methyl sites for hydroxylation is 1. The first-order valence-electron chi connectivity index (χ1n) is 7.32. The lowest BCUT2D eigenvalue weighted by Gasteiger charge is -2.07. The zero-order valence-corrected chi connectivity index (χ0v) is 15.0. The molecule has 1 aromatic carbocycles. The molecule has 0 aliphatic carbocycles. The van der Waals surface area contributed by atoms with Crippen molar-refractivity contribution in [2.75, 3.05) is 0 Å². The van der Waals surface area contributed by atoms with Crippen LogP contribution in [-0.2, 0) is 0 Å². The molecule has 4 nitrogen and oxygen atoms in total. The molecule has 3 rings (SSSR count). The fourth-order valence-corrected chi connectivity index (χ4v) is 3.69. The summed E-state index contributed by atoms with van der Waals surface area (Å²) in [6, 6.07) is 9.42. The van der Waals surface area contributed by atoms with E-state index in [2.05, 4.69) is 9.98 Å². The van der Waals surface area contributed by atoms with Crippen molar-refractivity contribution in [3.05, 3.63) is 45.9 Å². The third kappa shape index (κ3) is 3.05. The summed E-state index contributed by atoms with van der Waals surface area (Å²) in [7, 11) is 0. The van der Waals surface area contributed by atoms with Gasteiger partial charge in [0.2, 0.25) is 0 Å². The number of fused-ring (bicyclic) bond motifs is 1. The second-order valence-electron chi connectivity index (χ2n) is 5.64. The monoisotopic (exact) mass is 358 g/mol. The summed E-state index contributed by atoms with van der Waals surface area (Å²) in [6.45, 7) is 5.59. The lowest BCUT2D eigenvalue weighted by Crippen LogP contribution is -1.93. The Labute approximate surface area is 148 Å². The van der Waals surface area contributed by atoms with E-state index >= 15 is 0 Å². The highest BCUT2D eigenvalue weighted by Gasteiger charge is 2.22. The van der Waals surface area contributed by atoms with E-state index in [1.54, 1.807) is 0 Å². The van der Waals surface area contributed by atoms with Crippen LogP contribution in [0, 0.1) is 6.92 Å². The number of rotatable bonds is 3. The number of hydrogen-bond donors (Lipinski definition) is 1. The molecule has 0 amide bonds. The smallest absolute Gasteiger partial charge is 0.348 e. The molecule has 0 saturated carbocycles. The number of aromatic nitrogens is 1. The van der Waals surface area contributed by atoms with Gasteiger partial charge in [-0.2, -0.15) is 0 Å². The van der Waals surface area contributed by atoms with E-state index in [1.807, 2.05) is 51.1 Å². The minimum Gasteiger partial charge on any atom is -0.477 e. The molecule has 0 unspecified atom stereocenters. The van der Waals surface area contributed by atoms with Gasteiger partial charge in [-0.25, -0.2) is 9.78 Å². The Morgan fingerprint density at radius 3 is 2.50 bits per heavy atom. The summed E-state index contributed by atoms with van der Waals surface area (Å²) < 4.78 is 0. The minimum atomic E-state index is -0.988. The first-order valence-corrected chi connectivity index (χ1v) is 8.51. The summed E-state index contributed by atoms with van der Waals surface area (Å²) in [6.07, 6.45) is 0. The standard InChI is InChI=1S/C18H15ClN2O2S/c1-9(2)20-15-14-13(11-4-6-12(19)7-5-11)8-10(3)21-17(14)24-16(15)18(22)23/h4-8H,1-3H3,(H,22,23). The van der Waals surface area contributed by atoms with Gasteiger partial charge in [-0.15, -0.1) is 11.3 Å². The third-order valence-electron chi connectivity index (χ3n) is 3.45. The lowest BCUT2D eigenvalue weighted by atomic mass is 10.0. The topological polar surface area (TPSA) is 62.5 Å². The van der Waals surface area contributed by atoms with Crippen LogP contribution in [-0.4, -0.2) is 21.8 Å². The zero-order valence-electron chi connectivity index (χ0n) is 13.4.